The van der Waals surface area contributed by atoms with Crippen LogP contribution in [-0.4, -0.2) is 49.9 Å². The lowest BCUT2D eigenvalue weighted by Crippen LogP contribution is -2.28. The SMILES string of the molecule is CNCCOP(=O)(O)O[C@H](COC(=O)CCCCCCCCCCCC(C)C)OC(=O)CCCCCCCCCCCC(C)C. The number of unbranched alkanes of at least 4 members (excludes halogenated alkanes) is 16. The van der Waals surface area contributed by atoms with Crippen molar-refractivity contribution in [2.75, 3.05) is 26.8 Å². The lowest BCUT2D eigenvalue weighted by molar-refractivity contribution is -0.180. The molecule has 0 saturated carbocycles. The number of nitrogens with one attached hydrogen (secondary N) is 1. The highest BCUT2D eigenvalue weighted by atomic mass is 31.2. The second-order valence-corrected chi connectivity index (χ2v) is 14.7. The van der Waals surface area contributed by atoms with Gasteiger partial charge in [-0.1, -0.05) is 143 Å². The lowest BCUT2D eigenvalue weighted by Gasteiger charge is -2.21. The molecule has 0 radical (unpaired) electrons. The number of likely N-dealkylation sites (N-methyl/N-ethyl adjacent to an activating group) is 1. The van der Waals surface area contributed by atoms with Gasteiger partial charge in [-0.15, -0.1) is 0 Å². The topological polar surface area (TPSA) is 120 Å². The van der Waals surface area contributed by atoms with Crippen LogP contribution in [0.4, 0.5) is 0 Å². The van der Waals surface area contributed by atoms with E-state index in [9.17, 15) is 19.0 Å². The van der Waals surface area contributed by atoms with Crippen molar-refractivity contribution < 1.29 is 37.6 Å². The molecule has 0 aliphatic rings. The van der Waals surface area contributed by atoms with Gasteiger partial charge in [0.15, 0.2) is 6.61 Å². The van der Waals surface area contributed by atoms with E-state index in [1.165, 1.54) is 83.5 Å². The number of carbonyl (C=O) groups is 2. The van der Waals surface area contributed by atoms with E-state index in [2.05, 4.69) is 33.0 Å². The van der Waals surface area contributed by atoms with Crippen molar-refractivity contribution >= 4 is 19.8 Å². The van der Waals surface area contributed by atoms with Crippen molar-refractivity contribution in [2.45, 2.75) is 175 Å². The first kappa shape index (κ1) is 44.0. The largest absolute Gasteiger partial charge is 0.475 e. The van der Waals surface area contributed by atoms with Gasteiger partial charge < -0.3 is 19.7 Å². The predicted octanol–water partition coefficient (Wildman–Crippen LogP) is 9.65. The number of hydrogen-bond donors (Lipinski definition) is 2. The van der Waals surface area contributed by atoms with Gasteiger partial charge in [0.1, 0.15) is 0 Å². The maximum Gasteiger partial charge on any atom is 0.475 e. The average Bonchev–Trinajstić information content (AvgIpc) is 2.97. The molecule has 0 aliphatic heterocycles. The zero-order valence-corrected chi connectivity index (χ0v) is 30.6. The van der Waals surface area contributed by atoms with E-state index in [-0.39, 0.29) is 19.4 Å². The highest BCUT2D eigenvalue weighted by molar-refractivity contribution is 7.47. The molecule has 0 spiro atoms. The predicted molar refractivity (Wildman–Crippen MR) is 183 cm³/mol. The standard InChI is InChI=1S/C35H70NO8P/c1-31(2)24-20-16-12-8-6-10-14-18-22-26-33(37)41-30-35(44-45(39,40)42-29-28-36-5)43-34(38)27-23-19-15-11-7-9-13-17-21-25-32(3)4/h31-32,35-36H,6-30H2,1-5H3,(H,39,40)/t35-/m1/s1. The third-order valence-corrected chi connectivity index (χ3v) is 8.84. The van der Waals surface area contributed by atoms with E-state index < -0.39 is 32.7 Å². The summed E-state index contributed by atoms with van der Waals surface area (Å²) in [5.74, 6) is 0.564. The van der Waals surface area contributed by atoms with Crippen LogP contribution in [0.15, 0.2) is 0 Å². The summed E-state index contributed by atoms with van der Waals surface area (Å²) >= 11 is 0. The summed E-state index contributed by atoms with van der Waals surface area (Å²) in [5, 5.41) is 2.80. The molecule has 0 heterocycles. The molecule has 0 amide bonds. The Balaban J connectivity index is 4.27. The fraction of sp³-hybridized carbons (Fsp3) is 0.943. The van der Waals surface area contributed by atoms with Crippen LogP contribution < -0.4 is 5.32 Å². The first-order chi connectivity index (χ1) is 21.6. The van der Waals surface area contributed by atoms with Gasteiger partial charge in [0.2, 0.25) is 6.29 Å². The smallest absolute Gasteiger partial charge is 0.459 e. The van der Waals surface area contributed by atoms with Gasteiger partial charge in [-0.3, -0.25) is 14.1 Å². The highest BCUT2D eigenvalue weighted by Gasteiger charge is 2.30. The Morgan fingerprint density at radius 2 is 1.04 bits per heavy atom. The molecule has 9 nitrogen and oxygen atoms in total. The molecular weight excluding hydrogens is 593 g/mol. The molecule has 0 aromatic carbocycles. The van der Waals surface area contributed by atoms with Gasteiger partial charge >= 0.3 is 19.8 Å². The molecular formula is C35H70NO8P. The molecule has 45 heavy (non-hydrogen) atoms. The molecule has 0 bridgehead atoms. The van der Waals surface area contributed by atoms with Crippen molar-refractivity contribution in [3.63, 3.8) is 0 Å². The zero-order valence-electron chi connectivity index (χ0n) is 29.7. The van der Waals surface area contributed by atoms with E-state index in [0.717, 1.165) is 43.9 Å². The molecule has 10 heteroatoms. The van der Waals surface area contributed by atoms with Crippen LogP contribution in [0.1, 0.15) is 169 Å². The molecule has 0 aromatic rings. The maximum absolute atomic E-state index is 12.5. The summed E-state index contributed by atoms with van der Waals surface area (Å²) in [6, 6.07) is 0. The molecule has 0 fully saturated rings. The monoisotopic (exact) mass is 663 g/mol. The third-order valence-electron chi connectivity index (χ3n) is 7.83. The van der Waals surface area contributed by atoms with Crippen LogP contribution in [-0.2, 0) is 32.7 Å². The number of ether oxygens (including phenoxy) is 2. The van der Waals surface area contributed by atoms with E-state index in [1.807, 2.05) is 0 Å². The van der Waals surface area contributed by atoms with Crippen LogP contribution in [0.2, 0.25) is 0 Å². The van der Waals surface area contributed by atoms with Crippen molar-refractivity contribution in [1.82, 2.24) is 5.32 Å². The van der Waals surface area contributed by atoms with Gasteiger partial charge in [-0.2, -0.15) is 0 Å². The van der Waals surface area contributed by atoms with Crippen LogP contribution in [0.3, 0.4) is 0 Å². The average molecular weight is 664 g/mol. The maximum atomic E-state index is 12.5. The Morgan fingerprint density at radius 3 is 1.47 bits per heavy atom. The molecule has 0 aliphatic carbocycles. The number of phosphoric acid groups is 1. The summed E-state index contributed by atoms with van der Waals surface area (Å²) < 4.78 is 32.9. The summed E-state index contributed by atoms with van der Waals surface area (Å²) in [7, 11) is -2.83. The number of hydrogen-bond acceptors (Lipinski definition) is 8. The van der Waals surface area contributed by atoms with Crippen molar-refractivity contribution in [3.8, 4) is 0 Å². The van der Waals surface area contributed by atoms with Crippen molar-refractivity contribution in [2.24, 2.45) is 11.8 Å². The number of rotatable bonds is 33. The lowest BCUT2D eigenvalue weighted by atomic mass is 10.0. The highest BCUT2D eigenvalue weighted by Crippen LogP contribution is 2.44. The third kappa shape index (κ3) is 32.7. The fourth-order valence-electron chi connectivity index (χ4n) is 5.09. The van der Waals surface area contributed by atoms with E-state index in [0.29, 0.717) is 19.4 Å². The summed E-state index contributed by atoms with van der Waals surface area (Å²) in [5.41, 5.74) is 0. The summed E-state index contributed by atoms with van der Waals surface area (Å²) in [4.78, 5) is 34.8. The Morgan fingerprint density at radius 1 is 0.644 bits per heavy atom. The molecule has 268 valence electrons. The van der Waals surface area contributed by atoms with Crippen LogP contribution in [0.25, 0.3) is 0 Å². The van der Waals surface area contributed by atoms with Gasteiger partial charge in [0.25, 0.3) is 0 Å². The van der Waals surface area contributed by atoms with E-state index >= 15 is 0 Å². The zero-order chi connectivity index (χ0) is 33.6. The second-order valence-electron chi connectivity index (χ2n) is 13.3. The Kier molecular flexibility index (Phi) is 29.7. The second kappa shape index (κ2) is 30.4. The molecule has 2 N–H and O–H groups in total. The summed E-state index contributed by atoms with van der Waals surface area (Å²) in [6.45, 7) is 8.89. The van der Waals surface area contributed by atoms with Crippen molar-refractivity contribution in [1.29, 1.82) is 0 Å². The minimum absolute atomic E-state index is 0.0686. The van der Waals surface area contributed by atoms with Gasteiger partial charge in [-0.25, -0.2) is 9.09 Å². The Bertz CT molecular complexity index is 749. The molecule has 0 saturated heterocycles. The van der Waals surface area contributed by atoms with Crippen molar-refractivity contribution in [3.05, 3.63) is 0 Å². The minimum Gasteiger partial charge on any atom is -0.459 e. The molecule has 0 rings (SSSR count). The van der Waals surface area contributed by atoms with E-state index in [1.54, 1.807) is 7.05 Å². The van der Waals surface area contributed by atoms with Crippen LogP contribution in [0.5, 0.6) is 0 Å². The fourth-order valence-corrected chi connectivity index (χ4v) is 5.87. The molecule has 1 unspecified atom stereocenters. The Hall–Kier alpha value is -0.990. The molecule has 0 aromatic heterocycles. The Labute approximate surface area is 276 Å². The number of esters is 2. The summed E-state index contributed by atoms with van der Waals surface area (Å²) in [6.07, 6.45) is 22.0. The van der Waals surface area contributed by atoms with Crippen LogP contribution in [0, 0.1) is 11.8 Å². The first-order valence-electron chi connectivity index (χ1n) is 18.2. The first-order valence-corrected chi connectivity index (χ1v) is 19.7. The number of carbonyl (C=O) groups excluding carboxylic acids is 2. The van der Waals surface area contributed by atoms with E-state index in [4.69, 9.17) is 18.5 Å². The number of phosphoric ester groups is 1. The van der Waals surface area contributed by atoms with Gasteiger partial charge in [0, 0.05) is 19.4 Å². The quantitative estimate of drug-likeness (QED) is 0.0306. The molecule has 2 atom stereocenters. The van der Waals surface area contributed by atoms with Gasteiger partial charge in [-0.05, 0) is 31.7 Å². The van der Waals surface area contributed by atoms with Crippen LogP contribution >= 0.6 is 7.82 Å². The van der Waals surface area contributed by atoms with Gasteiger partial charge in [0.05, 0.1) is 6.61 Å². The normalized spacial score (nSPS) is 13.7. The minimum atomic E-state index is -4.51.